The lowest BCUT2D eigenvalue weighted by molar-refractivity contribution is 0.386. The van der Waals surface area contributed by atoms with E-state index in [2.05, 4.69) is 25.1 Å². The maximum Gasteiger partial charge on any atom is 0.178 e. The maximum atomic E-state index is 13.9. The fraction of sp³-hybridized carbons (Fsp3) is 0.353. The van der Waals surface area contributed by atoms with Crippen molar-refractivity contribution in [3.63, 3.8) is 0 Å². The van der Waals surface area contributed by atoms with Gasteiger partial charge in [-0.1, -0.05) is 0 Å². The predicted molar refractivity (Wildman–Crippen MR) is 92.9 cm³/mol. The van der Waals surface area contributed by atoms with E-state index in [1.807, 2.05) is 25.1 Å². The summed E-state index contributed by atoms with van der Waals surface area (Å²) in [5.41, 5.74) is 1.62. The molecule has 1 fully saturated rings. The maximum absolute atomic E-state index is 13.9. The predicted octanol–water partition coefficient (Wildman–Crippen LogP) is 1.91. The van der Waals surface area contributed by atoms with Gasteiger partial charge in [0.1, 0.15) is 5.82 Å². The first-order valence-electron chi connectivity index (χ1n) is 8.18. The first kappa shape index (κ1) is 15.6. The van der Waals surface area contributed by atoms with Crippen LogP contribution in [0.3, 0.4) is 0 Å². The van der Waals surface area contributed by atoms with Crippen molar-refractivity contribution >= 4 is 17.2 Å². The second-order valence-electron chi connectivity index (χ2n) is 6.00. The van der Waals surface area contributed by atoms with Gasteiger partial charge < -0.3 is 14.5 Å². The van der Waals surface area contributed by atoms with Gasteiger partial charge in [-0.15, -0.1) is 15.3 Å². The number of piperazine rings is 1. The van der Waals surface area contributed by atoms with Gasteiger partial charge in [-0.2, -0.15) is 4.52 Å². The molecule has 7 nitrogen and oxygen atoms in total. The molecule has 0 N–H and O–H groups in total. The summed E-state index contributed by atoms with van der Waals surface area (Å²) in [5, 5.41) is 12.7. The van der Waals surface area contributed by atoms with Crippen LogP contribution in [0.15, 0.2) is 30.3 Å². The number of aryl methyl sites for hydroxylation is 1. The zero-order valence-corrected chi connectivity index (χ0v) is 14.2. The number of hydrogen-bond donors (Lipinski definition) is 0. The Hall–Kier alpha value is -2.90. The lowest BCUT2D eigenvalue weighted by atomic mass is 10.2. The number of ether oxygens (including phenoxy) is 1. The van der Waals surface area contributed by atoms with E-state index in [4.69, 9.17) is 4.74 Å². The zero-order valence-electron chi connectivity index (χ0n) is 14.2. The molecule has 1 saturated heterocycles. The Labute approximate surface area is 144 Å². The van der Waals surface area contributed by atoms with Crippen LogP contribution in [0.1, 0.15) is 5.82 Å². The van der Waals surface area contributed by atoms with Crippen LogP contribution in [-0.4, -0.2) is 53.1 Å². The number of halogens is 1. The lowest BCUT2D eigenvalue weighted by Crippen LogP contribution is -2.47. The van der Waals surface area contributed by atoms with E-state index in [-0.39, 0.29) is 11.6 Å². The number of anilines is 2. The van der Waals surface area contributed by atoms with E-state index in [1.54, 1.807) is 10.6 Å². The molecule has 1 aliphatic rings. The van der Waals surface area contributed by atoms with Crippen molar-refractivity contribution in [1.29, 1.82) is 0 Å². The van der Waals surface area contributed by atoms with Crippen LogP contribution in [0.25, 0.3) is 5.65 Å². The fourth-order valence-corrected chi connectivity index (χ4v) is 3.10. The van der Waals surface area contributed by atoms with Crippen molar-refractivity contribution in [3.8, 4) is 5.75 Å². The van der Waals surface area contributed by atoms with E-state index >= 15 is 0 Å². The highest BCUT2D eigenvalue weighted by molar-refractivity contribution is 5.52. The Morgan fingerprint density at radius 2 is 1.76 bits per heavy atom. The summed E-state index contributed by atoms with van der Waals surface area (Å²) in [6, 6.07) is 8.97. The van der Waals surface area contributed by atoms with Crippen LogP contribution in [0, 0.1) is 12.7 Å². The van der Waals surface area contributed by atoms with Gasteiger partial charge in [0.05, 0.1) is 7.11 Å². The molecule has 0 amide bonds. The highest BCUT2D eigenvalue weighted by Crippen LogP contribution is 2.25. The molecule has 0 radical (unpaired) electrons. The SMILES string of the molecule is COc1ccc(N2CCN(c3ccc4nnc(C)n4n3)CC2)cc1F. The van der Waals surface area contributed by atoms with Gasteiger partial charge in [0.25, 0.3) is 0 Å². The first-order valence-corrected chi connectivity index (χ1v) is 8.18. The van der Waals surface area contributed by atoms with Crippen LogP contribution in [0.5, 0.6) is 5.75 Å². The first-order chi connectivity index (χ1) is 12.2. The molecule has 0 unspecified atom stereocenters. The van der Waals surface area contributed by atoms with Crippen LogP contribution >= 0.6 is 0 Å². The van der Waals surface area contributed by atoms with Crippen LogP contribution in [0.2, 0.25) is 0 Å². The molecule has 0 saturated carbocycles. The number of benzene rings is 1. The number of fused-ring (bicyclic) bond motifs is 1. The summed E-state index contributed by atoms with van der Waals surface area (Å²) in [7, 11) is 1.47. The second kappa shape index (κ2) is 6.19. The molecule has 0 bridgehead atoms. The molecule has 130 valence electrons. The second-order valence-corrected chi connectivity index (χ2v) is 6.00. The Kier molecular flexibility index (Phi) is 3.87. The van der Waals surface area contributed by atoms with Gasteiger partial charge in [0.15, 0.2) is 23.0 Å². The Balaban J connectivity index is 1.48. The van der Waals surface area contributed by atoms with Gasteiger partial charge in [-0.3, -0.25) is 0 Å². The molecule has 25 heavy (non-hydrogen) atoms. The Morgan fingerprint density at radius 3 is 2.48 bits per heavy atom. The highest BCUT2D eigenvalue weighted by atomic mass is 19.1. The fourth-order valence-electron chi connectivity index (χ4n) is 3.10. The molecule has 3 heterocycles. The quantitative estimate of drug-likeness (QED) is 0.725. The van der Waals surface area contributed by atoms with Crippen molar-refractivity contribution in [3.05, 3.63) is 42.0 Å². The zero-order chi connectivity index (χ0) is 17.4. The molecule has 0 spiro atoms. The average molecular weight is 342 g/mol. The summed E-state index contributed by atoms with van der Waals surface area (Å²) >= 11 is 0. The topological polar surface area (TPSA) is 58.8 Å². The van der Waals surface area contributed by atoms with E-state index in [0.717, 1.165) is 49.2 Å². The largest absolute Gasteiger partial charge is 0.494 e. The van der Waals surface area contributed by atoms with Gasteiger partial charge in [-0.05, 0) is 31.2 Å². The van der Waals surface area contributed by atoms with Gasteiger partial charge >= 0.3 is 0 Å². The summed E-state index contributed by atoms with van der Waals surface area (Å²) in [6.45, 7) is 5.10. The molecule has 2 aromatic heterocycles. The number of aromatic nitrogens is 4. The van der Waals surface area contributed by atoms with Gasteiger partial charge in [0, 0.05) is 37.9 Å². The number of rotatable bonds is 3. The van der Waals surface area contributed by atoms with E-state index < -0.39 is 0 Å². The number of methoxy groups -OCH3 is 1. The van der Waals surface area contributed by atoms with E-state index in [0.29, 0.717) is 0 Å². The van der Waals surface area contributed by atoms with E-state index in [9.17, 15) is 4.39 Å². The minimum Gasteiger partial charge on any atom is -0.494 e. The smallest absolute Gasteiger partial charge is 0.178 e. The van der Waals surface area contributed by atoms with Crippen molar-refractivity contribution in [2.24, 2.45) is 0 Å². The van der Waals surface area contributed by atoms with Crippen molar-refractivity contribution in [2.45, 2.75) is 6.92 Å². The standard InChI is InChI=1S/C17H19FN6O/c1-12-19-20-16-5-6-17(21-24(12)16)23-9-7-22(8-10-23)13-3-4-15(25-2)14(18)11-13/h3-6,11H,7-10H2,1-2H3. The number of hydrogen-bond acceptors (Lipinski definition) is 6. The molecule has 1 aliphatic heterocycles. The van der Waals surface area contributed by atoms with Gasteiger partial charge in [0.2, 0.25) is 0 Å². The van der Waals surface area contributed by atoms with Crippen molar-refractivity contribution in [1.82, 2.24) is 19.8 Å². The third-order valence-electron chi connectivity index (χ3n) is 4.51. The Bertz CT molecular complexity index is 903. The van der Waals surface area contributed by atoms with Crippen LogP contribution in [0.4, 0.5) is 15.9 Å². The molecule has 1 aromatic carbocycles. The highest BCUT2D eigenvalue weighted by Gasteiger charge is 2.20. The lowest BCUT2D eigenvalue weighted by Gasteiger charge is -2.36. The summed E-state index contributed by atoms with van der Waals surface area (Å²) in [5.74, 6) is 1.60. The molecular formula is C17H19FN6O. The third-order valence-corrected chi connectivity index (χ3v) is 4.51. The monoisotopic (exact) mass is 342 g/mol. The average Bonchev–Trinajstić information content (AvgIpc) is 3.02. The van der Waals surface area contributed by atoms with E-state index in [1.165, 1.54) is 13.2 Å². The van der Waals surface area contributed by atoms with Crippen LogP contribution < -0.4 is 14.5 Å². The molecule has 3 aromatic rings. The van der Waals surface area contributed by atoms with Crippen LogP contribution in [-0.2, 0) is 0 Å². The third kappa shape index (κ3) is 2.84. The summed E-state index contributed by atoms with van der Waals surface area (Å²) in [4.78, 5) is 4.39. The summed E-state index contributed by atoms with van der Waals surface area (Å²) < 4.78 is 20.6. The molecule has 4 rings (SSSR count). The van der Waals surface area contributed by atoms with Gasteiger partial charge in [-0.25, -0.2) is 4.39 Å². The summed E-state index contributed by atoms with van der Waals surface area (Å²) in [6.07, 6.45) is 0. The molecule has 8 heteroatoms. The van der Waals surface area contributed by atoms with Crippen molar-refractivity contribution in [2.75, 3.05) is 43.1 Å². The number of nitrogens with zero attached hydrogens (tertiary/aromatic N) is 6. The molecule has 0 aliphatic carbocycles. The molecular weight excluding hydrogens is 323 g/mol. The minimum atomic E-state index is -0.336. The molecule has 0 atom stereocenters. The van der Waals surface area contributed by atoms with Crippen molar-refractivity contribution < 1.29 is 9.13 Å². The Morgan fingerprint density at radius 1 is 1.00 bits per heavy atom. The minimum absolute atomic E-state index is 0.268. The normalized spacial score (nSPS) is 15.0.